The zero-order valence-corrected chi connectivity index (χ0v) is 23.9. The lowest BCUT2D eigenvalue weighted by atomic mass is 10.1. The molecule has 0 unspecified atom stereocenters. The molecule has 12 nitrogen and oxygen atoms in total. The first-order valence-corrected chi connectivity index (χ1v) is 14.6. The van der Waals surface area contributed by atoms with Crippen LogP contribution >= 0.6 is 0 Å². The molecule has 2 fully saturated rings. The number of nitrogens with one attached hydrogen (secondary N) is 2. The third kappa shape index (κ3) is 9.18. The lowest BCUT2D eigenvalue weighted by Gasteiger charge is -2.34. The number of carbonyl (C=O) groups excluding carboxylic acids is 2. The summed E-state index contributed by atoms with van der Waals surface area (Å²) in [5, 5.41) is 10.4. The molecule has 3 N–H and O–H groups in total. The van der Waals surface area contributed by atoms with E-state index in [2.05, 4.69) is 10.0 Å². The number of aliphatic carboxylic acids is 1. The van der Waals surface area contributed by atoms with Gasteiger partial charge in [-0.3, -0.25) is 9.52 Å². The highest BCUT2D eigenvalue weighted by Gasteiger charge is 2.38. The van der Waals surface area contributed by atoms with Crippen molar-refractivity contribution in [3.63, 3.8) is 0 Å². The highest BCUT2D eigenvalue weighted by Crippen LogP contribution is 2.30. The predicted octanol–water partition coefficient (Wildman–Crippen LogP) is 2.58. The van der Waals surface area contributed by atoms with Crippen LogP contribution < -0.4 is 14.9 Å². The summed E-state index contributed by atoms with van der Waals surface area (Å²) in [4.78, 5) is 39.3. The van der Waals surface area contributed by atoms with E-state index in [1.165, 1.54) is 12.1 Å². The van der Waals surface area contributed by atoms with Crippen molar-refractivity contribution in [1.29, 1.82) is 0 Å². The minimum Gasteiger partial charge on any atom is -0.475 e. The van der Waals surface area contributed by atoms with E-state index in [0.29, 0.717) is 50.5 Å². The third-order valence-electron chi connectivity index (χ3n) is 6.40. The van der Waals surface area contributed by atoms with Crippen LogP contribution in [0.3, 0.4) is 0 Å². The number of rotatable bonds is 6. The fourth-order valence-corrected chi connectivity index (χ4v) is 5.30. The standard InChI is InChI=1S/C24H30FN5O5S.C2HF3O2/c1-2-35-24(32)30-15-13-29(14-16-30)23(31)18-3-8-22(28-11-9-26-10-12-28)21(17-18)27-36(33,34)20-6-4-19(25)5-7-20;3-2(4,5)1(6)7/h3-8,17,26-27H,2,9-16H2,1H3;(H,6,7). The first-order chi connectivity index (χ1) is 20.2. The summed E-state index contributed by atoms with van der Waals surface area (Å²) in [6.45, 7) is 6.26. The Morgan fingerprint density at radius 2 is 1.51 bits per heavy atom. The second-order valence-corrected chi connectivity index (χ2v) is 11.0. The van der Waals surface area contributed by atoms with Gasteiger partial charge >= 0.3 is 18.2 Å². The summed E-state index contributed by atoms with van der Waals surface area (Å²) < 4.78 is 78.8. The van der Waals surface area contributed by atoms with Gasteiger partial charge in [-0.2, -0.15) is 13.2 Å². The van der Waals surface area contributed by atoms with Crippen molar-refractivity contribution in [2.75, 3.05) is 68.6 Å². The Morgan fingerprint density at radius 3 is 2.05 bits per heavy atom. The van der Waals surface area contributed by atoms with E-state index in [1.54, 1.807) is 34.9 Å². The predicted molar refractivity (Wildman–Crippen MR) is 147 cm³/mol. The summed E-state index contributed by atoms with van der Waals surface area (Å²) in [6, 6.07) is 9.53. The topological polar surface area (TPSA) is 149 Å². The van der Waals surface area contributed by atoms with Crippen LogP contribution in [-0.2, 0) is 19.6 Å². The number of sulfonamides is 1. The zero-order valence-electron chi connectivity index (χ0n) is 23.1. The second kappa shape index (κ2) is 14.4. The van der Waals surface area contributed by atoms with E-state index in [0.717, 1.165) is 25.2 Å². The summed E-state index contributed by atoms with van der Waals surface area (Å²) in [5.74, 6) is -3.55. The lowest BCUT2D eigenvalue weighted by Crippen LogP contribution is -2.50. The van der Waals surface area contributed by atoms with E-state index >= 15 is 0 Å². The normalized spacial score (nSPS) is 15.7. The van der Waals surface area contributed by atoms with Crippen LogP contribution in [-0.4, -0.2) is 106 Å². The number of carbonyl (C=O) groups is 3. The number of piperazine rings is 2. The van der Waals surface area contributed by atoms with Crippen molar-refractivity contribution < 1.29 is 50.2 Å². The summed E-state index contributed by atoms with van der Waals surface area (Å²) in [7, 11) is -4.02. The molecule has 2 heterocycles. The van der Waals surface area contributed by atoms with Crippen molar-refractivity contribution >= 4 is 39.4 Å². The molecule has 2 amide bonds. The first-order valence-electron chi connectivity index (χ1n) is 13.1. The number of carboxylic acids is 1. The summed E-state index contributed by atoms with van der Waals surface area (Å²) in [6.07, 6.45) is -5.48. The Hall–Kier alpha value is -4.12. The number of alkyl halides is 3. The zero-order chi connectivity index (χ0) is 31.8. The fraction of sp³-hybridized carbons (Fsp3) is 0.423. The molecule has 0 aliphatic carbocycles. The molecule has 2 aromatic carbocycles. The van der Waals surface area contributed by atoms with Gasteiger partial charge in [0.05, 0.1) is 22.9 Å². The fourth-order valence-electron chi connectivity index (χ4n) is 4.24. The smallest absolute Gasteiger partial charge is 0.475 e. The van der Waals surface area contributed by atoms with Crippen LogP contribution in [0.15, 0.2) is 47.4 Å². The number of ether oxygens (including phenoxy) is 1. The molecule has 0 aromatic heterocycles. The van der Waals surface area contributed by atoms with Crippen LogP contribution in [0.4, 0.5) is 33.7 Å². The summed E-state index contributed by atoms with van der Waals surface area (Å²) in [5.41, 5.74) is 1.26. The molecule has 0 saturated carbocycles. The van der Waals surface area contributed by atoms with E-state index in [-0.39, 0.29) is 23.1 Å². The maximum absolute atomic E-state index is 13.3. The molecule has 0 atom stereocenters. The van der Waals surface area contributed by atoms with Gasteiger partial charge in [0.15, 0.2) is 0 Å². The van der Waals surface area contributed by atoms with E-state index in [4.69, 9.17) is 14.6 Å². The molecule has 2 aliphatic heterocycles. The summed E-state index contributed by atoms with van der Waals surface area (Å²) >= 11 is 0. The van der Waals surface area contributed by atoms with Gasteiger partial charge in [-0.05, 0) is 49.4 Å². The molecule has 0 radical (unpaired) electrons. The van der Waals surface area contributed by atoms with E-state index < -0.39 is 34.1 Å². The van der Waals surface area contributed by atoms with Crippen molar-refractivity contribution in [3.05, 3.63) is 53.8 Å². The second-order valence-electron chi connectivity index (χ2n) is 9.31. The average molecular weight is 634 g/mol. The Balaban J connectivity index is 0.000000646. The average Bonchev–Trinajstić information content (AvgIpc) is 2.97. The van der Waals surface area contributed by atoms with E-state index in [9.17, 15) is 35.6 Å². The molecule has 4 rings (SSSR count). The maximum Gasteiger partial charge on any atom is 0.490 e. The Morgan fingerprint density at radius 1 is 0.953 bits per heavy atom. The van der Waals surface area contributed by atoms with Crippen LogP contribution in [0.25, 0.3) is 0 Å². The van der Waals surface area contributed by atoms with Crippen molar-refractivity contribution in [2.24, 2.45) is 0 Å². The highest BCUT2D eigenvalue weighted by atomic mass is 32.2. The Labute approximate surface area is 245 Å². The highest BCUT2D eigenvalue weighted by molar-refractivity contribution is 7.92. The molecule has 236 valence electrons. The van der Waals surface area contributed by atoms with Crippen molar-refractivity contribution in [2.45, 2.75) is 18.0 Å². The number of halogens is 4. The van der Waals surface area contributed by atoms with Gasteiger partial charge in [0.25, 0.3) is 15.9 Å². The Bertz CT molecular complexity index is 1390. The molecule has 0 bridgehead atoms. The number of amides is 2. The number of hydrogen-bond acceptors (Lipinski definition) is 8. The largest absolute Gasteiger partial charge is 0.490 e. The quantitative estimate of drug-likeness (QED) is 0.408. The number of anilines is 2. The number of nitrogens with zero attached hydrogens (tertiary/aromatic N) is 3. The maximum atomic E-state index is 13.3. The van der Waals surface area contributed by atoms with Gasteiger partial charge in [0, 0.05) is 57.9 Å². The molecule has 2 aliphatic rings. The van der Waals surface area contributed by atoms with Gasteiger partial charge in [0.2, 0.25) is 0 Å². The van der Waals surface area contributed by atoms with E-state index in [1.807, 2.05) is 4.90 Å². The lowest BCUT2D eigenvalue weighted by molar-refractivity contribution is -0.192. The van der Waals surface area contributed by atoms with Crippen LogP contribution in [0.1, 0.15) is 17.3 Å². The molecule has 2 aromatic rings. The molecular weight excluding hydrogens is 602 g/mol. The number of benzene rings is 2. The first kappa shape index (κ1) is 33.4. The molecule has 2 saturated heterocycles. The molecule has 43 heavy (non-hydrogen) atoms. The SMILES string of the molecule is CCOC(=O)N1CCN(C(=O)c2ccc(N3CCNCC3)c(NS(=O)(=O)c3ccc(F)cc3)c2)CC1.O=C(O)C(F)(F)F. The molecular formula is C26H31F4N5O7S. The monoisotopic (exact) mass is 633 g/mol. The van der Waals surface area contributed by atoms with Crippen LogP contribution in [0.2, 0.25) is 0 Å². The van der Waals surface area contributed by atoms with Gasteiger partial charge in [-0.15, -0.1) is 0 Å². The van der Waals surface area contributed by atoms with Gasteiger partial charge in [-0.1, -0.05) is 0 Å². The minimum absolute atomic E-state index is 0.0815. The number of carboxylic acid groups (broad SMARTS) is 1. The van der Waals surface area contributed by atoms with Crippen molar-refractivity contribution in [3.8, 4) is 0 Å². The number of hydrogen-bond donors (Lipinski definition) is 3. The van der Waals surface area contributed by atoms with Crippen LogP contribution in [0.5, 0.6) is 0 Å². The molecule has 17 heteroatoms. The molecule has 0 spiro atoms. The van der Waals surface area contributed by atoms with Crippen molar-refractivity contribution in [1.82, 2.24) is 15.1 Å². The minimum atomic E-state index is -5.08. The van der Waals surface area contributed by atoms with Crippen LogP contribution in [0, 0.1) is 5.82 Å². The third-order valence-corrected chi connectivity index (χ3v) is 7.79. The van der Waals surface area contributed by atoms with Gasteiger partial charge < -0.3 is 29.9 Å². The Kier molecular flexibility index (Phi) is 11.2. The van der Waals surface area contributed by atoms with Gasteiger partial charge in [-0.25, -0.2) is 22.4 Å². The van der Waals surface area contributed by atoms with Gasteiger partial charge in [0.1, 0.15) is 5.82 Å².